The molecule has 1 nitrogen and oxygen atoms in total. The van der Waals surface area contributed by atoms with Gasteiger partial charge in [0.15, 0.2) is 0 Å². The fourth-order valence-corrected chi connectivity index (χ4v) is 4.03. The number of hydrogen-bond donors (Lipinski definition) is 1. The first-order chi connectivity index (χ1) is 9.85. The zero-order valence-electron chi connectivity index (χ0n) is 12.6. The summed E-state index contributed by atoms with van der Waals surface area (Å²) in [6.45, 7) is 7.63. The predicted molar refractivity (Wildman–Crippen MR) is 100 cm³/mol. The van der Waals surface area contributed by atoms with Gasteiger partial charge in [-0.1, -0.05) is 28.1 Å². The van der Waals surface area contributed by atoms with E-state index in [9.17, 15) is 0 Å². The van der Waals surface area contributed by atoms with Crippen molar-refractivity contribution in [1.82, 2.24) is 5.32 Å². The van der Waals surface area contributed by atoms with E-state index in [-0.39, 0.29) is 5.54 Å². The summed E-state index contributed by atoms with van der Waals surface area (Å²) < 4.78 is 2.36. The van der Waals surface area contributed by atoms with Gasteiger partial charge in [0, 0.05) is 31.8 Å². The molecule has 0 bridgehead atoms. The third kappa shape index (κ3) is 5.51. The van der Waals surface area contributed by atoms with Gasteiger partial charge in [0.05, 0.1) is 0 Å². The molecule has 0 aliphatic carbocycles. The maximum atomic E-state index is 3.65. The molecule has 1 unspecified atom stereocenters. The van der Waals surface area contributed by atoms with E-state index in [4.69, 9.17) is 0 Å². The molecular weight excluding hydrogens is 410 g/mol. The molecule has 1 heterocycles. The van der Waals surface area contributed by atoms with Crippen LogP contribution in [0.4, 0.5) is 0 Å². The first kappa shape index (κ1) is 17.2. The van der Waals surface area contributed by atoms with E-state index in [1.54, 1.807) is 0 Å². The van der Waals surface area contributed by atoms with E-state index >= 15 is 0 Å². The summed E-state index contributed by atoms with van der Waals surface area (Å²) >= 11 is 8.99. The zero-order valence-corrected chi connectivity index (χ0v) is 16.6. The van der Waals surface area contributed by atoms with Crippen LogP contribution in [-0.2, 0) is 6.42 Å². The van der Waals surface area contributed by atoms with E-state index < -0.39 is 0 Å². The van der Waals surface area contributed by atoms with Crippen molar-refractivity contribution in [3.8, 4) is 0 Å². The second-order valence-corrected chi connectivity index (χ2v) is 9.05. The molecular formula is C17H21Br2NS. The van der Waals surface area contributed by atoms with Crippen molar-refractivity contribution >= 4 is 43.2 Å². The molecule has 4 heteroatoms. The van der Waals surface area contributed by atoms with Crippen LogP contribution in [0.25, 0.3) is 0 Å². The van der Waals surface area contributed by atoms with Gasteiger partial charge in [-0.2, -0.15) is 0 Å². The van der Waals surface area contributed by atoms with Gasteiger partial charge in [-0.25, -0.2) is 0 Å². The molecule has 2 rings (SSSR count). The van der Waals surface area contributed by atoms with Crippen molar-refractivity contribution in [3.05, 3.63) is 55.1 Å². The summed E-state index contributed by atoms with van der Waals surface area (Å²) in [4.78, 5) is 1.42. The van der Waals surface area contributed by atoms with E-state index in [2.05, 4.69) is 93.7 Å². The van der Waals surface area contributed by atoms with E-state index in [1.165, 1.54) is 14.9 Å². The lowest BCUT2D eigenvalue weighted by Crippen LogP contribution is -2.39. The van der Waals surface area contributed by atoms with Crippen LogP contribution in [0.1, 0.15) is 37.1 Å². The molecule has 0 amide bonds. The second-order valence-electron chi connectivity index (χ2n) is 6.28. The van der Waals surface area contributed by atoms with Crippen LogP contribution in [0.5, 0.6) is 0 Å². The van der Waals surface area contributed by atoms with Crippen molar-refractivity contribution in [2.45, 2.75) is 38.6 Å². The minimum Gasteiger partial charge on any atom is -0.311 e. The summed E-state index contributed by atoms with van der Waals surface area (Å²) in [5, 5.41) is 5.79. The number of rotatable bonds is 5. The lowest BCUT2D eigenvalue weighted by Gasteiger charge is -2.25. The lowest BCUT2D eigenvalue weighted by atomic mass is 9.94. The molecule has 0 aliphatic heterocycles. The first-order valence-corrected chi connectivity index (χ1v) is 9.54. The third-order valence-corrected chi connectivity index (χ3v) is 5.82. The van der Waals surface area contributed by atoms with E-state index in [1.807, 2.05) is 11.3 Å². The van der Waals surface area contributed by atoms with Crippen LogP contribution >= 0.6 is 43.2 Å². The number of nitrogens with one attached hydrogen (secondary N) is 1. The van der Waals surface area contributed by atoms with E-state index in [0.717, 1.165) is 17.4 Å². The smallest absolute Gasteiger partial charge is 0.0314 e. The molecule has 0 spiro atoms. The Kier molecular flexibility index (Phi) is 6.06. The van der Waals surface area contributed by atoms with Crippen molar-refractivity contribution in [2.75, 3.05) is 6.54 Å². The highest BCUT2D eigenvalue weighted by atomic mass is 79.9. The van der Waals surface area contributed by atoms with Crippen LogP contribution in [-0.4, -0.2) is 12.1 Å². The SMILES string of the molecule is CC(C)(C)NCC(Cc1sccc1Br)c1ccc(Br)cc1. The third-order valence-electron chi connectivity index (χ3n) is 3.34. The van der Waals surface area contributed by atoms with Gasteiger partial charge in [0.2, 0.25) is 0 Å². The lowest BCUT2D eigenvalue weighted by molar-refractivity contribution is 0.405. The molecule has 0 saturated heterocycles. The summed E-state index contributed by atoms with van der Waals surface area (Å²) in [5.41, 5.74) is 1.52. The maximum absolute atomic E-state index is 3.65. The fourth-order valence-electron chi connectivity index (χ4n) is 2.17. The quantitative estimate of drug-likeness (QED) is 0.614. The van der Waals surface area contributed by atoms with Gasteiger partial charge in [-0.05, 0) is 72.3 Å². The Balaban J connectivity index is 2.17. The van der Waals surface area contributed by atoms with Gasteiger partial charge >= 0.3 is 0 Å². The highest BCUT2D eigenvalue weighted by Crippen LogP contribution is 2.30. The normalized spacial score (nSPS) is 13.4. The molecule has 114 valence electrons. The molecule has 2 aromatic rings. The fraction of sp³-hybridized carbons (Fsp3) is 0.412. The Bertz CT molecular complexity index is 569. The van der Waals surface area contributed by atoms with Gasteiger partial charge in [-0.3, -0.25) is 0 Å². The molecule has 0 saturated carbocycles. The van der Waals surface area contributed by atoms with Crippen molar-refractivity contribution in [1.29, 1.82) is 0 Å². The van der Waals surface area contributed by atoms with Crippen molar-refractivity contribution in [2.24, 2.45) is 0 Å². The first-order valence-electron chi connectivity index (χ1n) is 7.07. The van der Waals surface area contributed by atoms with Crippen molar-refractivity contribution < 1.29 is 0 Å². The molecule has 0 radical (unpaired) electrons. The summed E-state index contributed by atoms with van der Waals surface area (Å²) in [5.74, 6) is 0.479. The summed E-state index contributed by atoms with van der Waals surface area (Å²) in [6, 6.07) is 10.8. The zero-order chi connectivity index (χ0) is 15.5. The Morgan fingerprint density at radius 3 is 2.29 bits per heavy atom. The van der Waals surface area contributed by atoms with Crippen LogP contribution in [0, 0.1) is 0 Å². The Morgan fingerprint density at radius 1 is 1.10 bits per heavy atom. The van der Waals surface area contributed by atoms with E-state index in [0.29, 0.717) is 5.92 Å². The number of benzene rings is 1. The molecule has 21 heavy (non-hydrogen) atoms. The average Bonchev–Trinajstić information content (AvgIpc) is 2.80. The molecule has 1 atom stereocenters. The standard InChI is InChI=1S/C17H21Br2NS/c1-17(2,3)20-11-13(10-16-15(19)8-9-21-16)12-4-6-14(18)7-5-12/h4-9,13,20H,10-11H2,1-3H3. The largest absolute Gasteiger partial charge is 0.311 e. The molecule has 1 aromatic heterocycles. The molecule has 0 fully saturated rings. The highest BCUT2D eigenvalue weighted by Gasteiger charge is 2.18. The Hall–Kier alpha value is -0.160. The number of halogens is 2. The van der Waals surface area contributed by atoms with Crippen LogP contribution in [0.3, 0.4) is 0 Å². The summed E-state index contributed by atoms with van der Waals surface area (Å²) in [6.07, 6.45) is 1.06. The summed E-state index contributed by atoms with van der Waals surface area (Å²) in [7, 11) is 0. The van der Waals surface area contributed by atoms with Gasteiger partial charge < -0.3 is 5.32 Å². The maximum Gasteiger partial charge on any atom is 0.0314 e. The van der Waals surface area contributed by atoms with Gasteiger partial charge in [-0.15, -0.1) is 11.3 Å². The molecule has 1 aromatic carbocycles. The monoisotopic (exact) mass is 429 g/mol. The van der Waals surface area contributed by atoms with Crippen LogP contribution in [0.2, 0.25) is 0 Å². The highest BCUT2D eigenvalue weighted by molar-refractivity contribution is 9.10. The number of hydrogen-bond acceptors (Lipinski definition) is 2. The predicted octanol–water partition coefficient (Wildman–Crippen LogP) is 5.99. The average molecular weight is 431 g/mol. The molecule has 0 aliphatic rings. The Morgan fingerprint density at radius 2 is 1.76 bits per heavy atom. The minimum absolute atomic E-state index is 0.139. The number of thiophene rings is 1. The van der Waals surface area contributed by atoms with Crippen LogP contribution in [0.15, 0.2) is 44.7 Å². The Labute approximate surface area is 148 Å². The minimum atomic E-state index is 0.139. The second kappa shape index (κ2) is 7.40. The topological polar surface area (TPSA) is 12.0 Å². The van der Waals surface area contributed by atoms with Gasteiger partial charge in [0.25, 0.3) is 0 Å². The molecule has 1 N–H and O–H groups in total. The van der Waals surface area contributed by atoms with Crippen LogP contribution < -0.4 is 5.32 Å². The van der Waals surface area contributed by atoms with Gasteiger partial charge in [0.1, 0.15) is 0 Å². The van der Waals surface area contributed by atoms with Crippen molar-refractivity contribution in [3.63, 3.8) is 0 Å².